The van der Waals surface area contributed by atoms with E-state index in [0.29, 0.717) is 24.9 Å². The zero-order chi connectivity index (χ0) is 17.1. The van der Waals surface area contributed by atoms with Gasteiger partial charge in [-0.15, -0.1) is 0 Å². The van der Waals surface area contributed by atoms with E-state index >= 15 is 0 Å². The molecule has 0 aliphatic rings. The predicted octanol–water partition coefficient (Wildman–Crippen LogP) is 3.14. The molecule has 0 atom stereocenters. The number of aliphatic hydroxyl groups excluding tert-OH is 1. The number of oxazole rings is 1. The van der Waals surface area contributed by atoms with Gasteiger partial charge in [0.2, 0.25) is 11.8 Å². The molecule has 25 heavy (non-hydrogen) atoms. The number of hydrogen-bond acceptors (Lipinski definition) is 5. The lowest BCUT2D eigenvalue weighted by Crippen LogP contribution is -2.12. The number of para-hydroxylation sites is 2. The molecular formula is C19H18N4O2. The Bertz CT molecular complexity index is 975. The summed E-state index contributed by atoms with van der Waals surface area (Å²) in [4.78, 5) is 9.18. The first-order valence-electron chi connectivity index (χ1n) is 8.15. The normalized spacial score (nSPS) is 11.1. The van der Waals surface area contributed by atoms with Crippen molar-refractivity contribution in [2.75, 3.05) is 18.5 Å². The van der Waals surface area contributed by atoms with Crippen molar-refractivity contribution < 1.29 is 9.52 Å². The van der Waals surface area contributed by atoms with Crippen molar-refractivity contribution in [1.29, 1.82) is 0 Å². The second-order valence-corrected chi connectivity index (χ2v) is 5.67. The van der Waals surface area contributed by atoms with Crippen LogP contribution in [-0.2, 0) is 6.54 Å². The molecule has 0 amide bonds. The second-order valence-electron chi connectivity index (χ2n) is 5.67. The number of imidazole rings is 1. The van der Waals surface area contributed by atoms with Gasteiger partial charge in [-0.25, -0.2) is 9.97 Å². The van der Waals surface area contributed by atoms with Crippen LogP contribution in [0.4, 0.5) is 5.95 Å². The van der Waals surface area contributed by atoms with E-state index in [0.717, 1.165) is 22.3 Å². The van der Waals surface area contributed by atoms with Crippen molar-refractivity contribution >= 4 is 17.0 Å². The van der Waals surface area contributed by atoms with E-state index in [-0.39, 0.29) is 6.61 Å². The maximum Gasteiger partial charge on any atom is 0.226 e. The van der Waals surface area contributed by atoms with Gasteiger partial charge in [-0.05, 0) is 24.3 Å². The van der Waals surface area contributed by atoms with Crippen molar-refractivity contribution in [2.45, 2.75) is 6.54 Å². The number of benzene rings is 2. The highest BCUT2D eigenvalue weighted by molar-refractivity contribution is 5.78. The quantitative estimate of drug-likeness (QED) is 0.566. The second kappa shape index (κ2) is 6.78. The van der Waals surface area contributed by atoms with Crippen LogP contribution in [-0.4, -0.2) is 32.8 Å². The van der Waals surface area contributed by atoms with Gasteiger partial charge in [0, 0.05) is 12.1 Å². The maximum atomic E-state index is 9.09. The highest BCUT2D eigenvalue weighted by atomic mass is 16.3. The fraction of sp³-hybridized carbons (Fsp3) is 0.158. The zero-order valence-corrected chi connectivity index (χ0v) is 13.6. The van der Waals surface area contributed by atoms with Crippen LogP contribution in [0.25, 0.3) is 22.5 Å². The highest BCUT2D eigenvalue weighted by Gasteiger charge is 2.13. The highest BCUT2D eigenvalue weighted by Crippen LogP contribution is 2.23. The number of aromatic nitrogens is 3. The molecule has 0 radical (unpaired) electrons. The molecule has 0 bridgehead atoms. The van der Waals surface area contributed by atoms with Crippen LogP contribution < -0.4 is 5.32 Å². The number of nitrogens with one attached hydrogen (secondary N) is 1. The van der Waals surface area contributed by atoms with E-state index in [1.54, 1.807) is 6.26 Å². The molecule has 2 N–H and O–H groups in total. The summed E-state index contributed by atoms with van der Waals surface area (Å²) >= 11 is 0. The Morgan fingerprint density at radius 2 is 1.80 bits per heavy atom. The number of nitrogens with zero attached hydrogens (tertiary/aromatic N) is 3. The Morgan fingerprint density at radius 3 is 2.64 bits per heavy atom. The number of anilines is 1. The van der Waals surface area contributed by atoms with Crippen LogP contribution in [0.1, 0.15) is 5.69 Å². The molecule has 0 saturated carbocycles. The van der Waals surface area contributed by atoms with Gasteiger partial charge in [-0.1, -0.05) is 30.3 Å². The van der Waals surface area contributed by atoms with Crippen molar-refractivity contribution in [3.05, 3.63) is 66.6 Å². The standard InChI is InChI=1S/C19H18N4O2/c24-11-10-20-19-22-16-8-4-5-9-17(16)23(19)12-15-13-25-18(21-15)14-6-2-1-3-7-14/h1-9,13,24H,10-12H2,(H,20,22). The SMILES string of the molecule is OCCNc1nc2ccccc2n1Cc1coc(-c2ccccc2)n1. The zero-order valence-electron chi connectivity index (χ0n) is 13.6. The first kappa shape index (κ1) is 15.4. The van der Waals surface area contributed by atoms with E-state index in [2.05, 4.69) is 15.3 Å². The van der Waals surface area contributed by atoms with Crippen LogP contribution in [0, 0.1) is 0 Å². The number of fused-ring (bicyclic) bond motifs is 1. The lowest BCUT2D eigenvalue weighted by Gasteiger charge is -2.08. The predicted molar refractivity (Wildman–Crippen MR) is 96.3 cm³/mol. The molecule has 0 aliphatic carbocycles. The Labute approximate surface area is 144 Å². The Balaban J connectivity index is 1.67. The Hall–Kier alpha value is -3.12. The van der Waals surface area contributed by atoms with Gasteiger partial charge >= 0.3 is 0 Å². The van der Waals surface area contributed by atoms with Crippen molar-refractivity contribution in [2.24, 2.45) is 0 Å². The van der Waals surface area contributed by atoms with Gasteiger partial charge in [-0.3, -0.25) is 0 Å². The molecule has 0 aliphatic heterocycles. The molecule has 2 heterocycles. The average molecular weight is 334 g/mol. The summed E-state index contributed by atoms with van der Waals surface area (Å²) in [5.41, 5.74) is 3.67. The maximum absolute atomic E-state index is 9.09. The van der Waals surface area contributed by atoms with Gasteiger partial charge in [-0.2, -0.15) is 0 Å². The topological polar surface area (TPSA) is 76.1 Å². The lowest BCUT2D eigenvalue weighted by atomic mass is 10.2. The molecule has 126 valence electrons. The van der Waals surface area contributed by atoms with E-state index < -0.39 is 0 Å². The minimum absolute atomic E-state index is 0.0469. The molecule has 0 fully saturated rings. The van der Waals surface area contributed by atoms with Crippen molar-refractivity contribution in [3.8, 4) is 11.5 Å². The van der Waals surface area contributed by atoms with E-state index in [1.165, 1.54) is 0 Å². The average Bonchev–Trinajstić information content (AvgIpc) is 3.26. The van der Waals surface area contributed by atoms with Gasteiger partial charge < -0.3 is 19.4 Å². The molecule has 2 aromatic carbocycles. The van der Waals surface area contributed by atoms with Crippen LogP contribution in [0.5, 0.6) is 0 Å². The third-order valence-corrected chi connectivity index (χ3v) is 3.94. The lowest BCUT2D eigenvalue weighted by molar-refractivity contribution is 0.310. The third-order valence-electron chi connectivity index (χ3n) is 3.94. The van der Waals surface area contributed by atoms with Crippen LogP contribution in [0.3, 0.4) is 0 Å². The molecule has 0 spiro atoms. The summed E-state index contributed by atoms with van der Waals surface area (Å²) in [6, 6.07) is 17.7. The molecule has 4 rings (SSSR count). The fourth-order valence-electron chi connectivity index (χ4n) is 2.79. The van der Waals surface area contributed by atoms with Crippen LogP contribution >= 0.6 is 0 Å². The molecule has 0 unspecified atom stereocenters. The van der Waals surface area contributed by atoms with E-state index in [4.69, 9.17) is 9.52 Å². The first-order valence-corrected chi connectivity index (χ1v) is 8.15. The van der Waals surface area contributed by atoms with Crippen LogP contribution in [0.2, 0.25) is 0 Å². The minimum atomic E-state index is 0.0469. The number of aliphatic hydroxyl groups is 1. The Morgan fingerprint density at radius 1 is 1.00 bits per heavy atom. The molecule has 0 saturated heterocycles. The van der Waals surface area contributed by atoms with Gasteiger partial charge in [0.1, 0.15) is 6.26 Å². The van der Waals surface area contributed by atoms with Crippen molar-refractivity contribution in [1.82, 2.24) is 14.5 Å². The minimum Gasteiger partial charge on any atom is -0.444 e. The molecule has 6 nitrogen and oxygen atoms in total. The summed E-state index contributed by atoms with van der Waals surface area (Å²) in [6.07, 6.45) is 1.67. The van der Waals surface area contributed by atoms with Gasteiger partial charge in [0.15, 0.2) is 0 Å². The first-order chi connectivity index (χ1) is 12.3. The van der Waals surface area contributed by atoms with E-state index in [1.807, 2.05) is 59.2 Å². The van der Waals surface area contributed by atoms with Crippen molar-refractivity contribution in [3.63, 3.8) is 0 Å². The smallest absolute Gasteiger partial charge is 0.226 e. The summed E-state index contributed by atoms with van der Waals surface area (Å²) < 4.78 is 7.67. The molecule has 4 aromatic rings. The summed E-state index contributed by atoms with van der Waals surface area (Å²) in [5.74, 6) is 1.31. The summed E-state index contributed by atoms with van der Waals surface area (Å²) in [5, 5.41) is 12.2. The monoisotopic (exact) mass is 334 g/mol. The van der Waals surface area contributed by atoms with Gasteiger partial charge in [0.25, 0.3) is 0 Å². The van der Waals surface area contributed by atoms with E-state index in [9.17, 15) is 0 Å². The largest absolute Gasteiger partial charge is 0.444 e. The Kier molecular flexibility index (Phi) is 4.18. The number of rotatable bonds is 6. The fourth-order valence-corrected chi connectivity index (χ4v) is 2.79. The number of hydrogen-bond donors (Lipinski definition) is 2. The summed E-state index contributed by atoms with van der Waals surface area (Å²) in [6.45, 7) is 1.02. The van der Waals surface area contributed by atoms with Crippen LogP contribution in [0.15, 0.2) is 65.3 Å². The molecule has 6 heteroatoms. The summed E-state index contributed by atoms with van der Waals surface area (Å²) in [7, 11) is 0. The third kappa shape index (κ3) is 3.12. The van der Waals surface area contributed by atoms with Gasteiger partial charge in [0.05, 0.1) is 29.9 Å². The molecule has 2 aromatic heterocycles. The molecular weight excluding hydrogens is 316 g/mol.